The molecule has 0 radical (unpaired) electrons. The monoisotopic (exact) mass is 830 g/mol. The van der Waals surface area contributed by atoms with Crippen LogP contribution in [0.2, 0.25) is 0 Å². The number of pyridine rings is 2. The van der Waals surface area contributed by atoms with Crippen LogP contribution in [0.1, 0.15) is 91.9 Å². The third kappa shape index (κ3) is 7.51. The summed E-state index contributed by atoms with van der Waals surface area (Å²) < 4.78 is 52.0. The third-order valence-corrected chi connectivity index (χ3v) is 13.4. The lowest BCUT2D eigenvalue weighted by atomic mass is 9.82. The molecule has 2 aliphatic heterocycles. The number of esters is 1. The normalized spacial score (nSPS) is 19.1. The van der Waals surface area contributed by atoms with Crippen LogP contribution in [0.3, 0.4) is 0 Å². The largest absolute Gasteiger partial charge is 0.458 e. The molecule has 3 aliphatic rings. The first kappa shape index (κ1) is 41.6. The lowest BCUT2D eigenvalue weighted by Crippen LogP contribution is -2.44. The maximum absolute atomic E-state index is 15.3. The summed E-state index contributed by atoms with van der Waals surface area (Å²) in [6.45, 7) is 8.36. The highest BCUT2D eigenvalue weighted by atomic mass is 32.2. The van der Waals surface area contributed by atoms with Crippen LogP contribution in [0.25, 0.3) is 22.3 Å². The van der Waals surface area contributed by atoms with Crippen LogP contribution in [0, 0.1) is 30.5 Å². The number of rotatable bonds is 13. The molecule has 4 aromatic rings. The number of carbonyl (C=O) groups is 4. The van der Waals surface area contributed by atoms with Gasteiger partial charge in [-0.2, -0.15) is 0 Å². The average molecular weight is 831 g/mol. The fourth-order valence-corrected chi connectivity index (χ4v) is 9.98. The van der Waals surface area contributed by atoms with Crippen LogP contribution in [0.15, 0.2) is 41.2 Å². The number of cyclic esters (lactones) is 1. The number of fused-ring (bicyclic) bond motifs is 5. The van der Waals surface area contributed by atoms with Gasteiger partial charge in [-0.25, -0.2) is 27.3 Å². The number of ether oxygens (including phenoxy) is 1. The second-order valence-electron chi connectivity index (χ2n) is 16.0. The number of hydrogen-bond acceptors (Lipinski definition) is 10. The minimum absolute atomic E-state index is 0.0183. The molecule has 1 aliphatic carbocycles. The summed E-state index contributed by atoms with van der Waals surface area (Å²) in [5.74, 6) is -4.66. The third-order valence-electron chi connectivity index (χ3n) is 12.0. The van der Waals surface area contributed by atoms with Gasteiger partial charge < -0.3 is 30.8 Å². The summed E-state index contributed by atoms with van der Waals surface area (Å²) in [6.07, 6.45) is 0.226. The van der Waals surface area contributed by atoms with Crippen molar-refractivity contribution < 1.29 is 41.8 Å². The van der Waals surface area contributed by atoms with Gasteiger partial charge in [0.2, 0.25) is 27.7 Å². The first-order valence-electron chi connectivity index (χ1n) is 19.6. The second-order valence-corrected chi connectivity index (χ2v) is 17.9. The Morgan fingerprint density at radius 1 is 1.10 bits per heavy atom. The van der Waals surface area contributed by atoms with E-state index in [4.69, 9.17) is 15.5 Å². The van der Waals surface area contributed by atoms with Crippen molar-refractivity contribution in [3.63, 3.8) is 0 Å². The van der Waals surface area contributed by atoms with Crippen molar-refractivity contribution in [3.05, 3.63) is 91.5 Å². The van der Waals surface area contributed by atoms with Crippen molar-refractivity contribution in [2.24, 2.45) is 23.5 Å². The van der Waals surface area contributed by atoms with Crippen LogP contribution in [-0.4, -0.2) is 52.5 Å². The fraction of sp³-hybridized carbons (Fsp3) is 0.429. The molecule has 2 aromatic carbocycles. The van der Waals surface area contributed by atoms with Crippen LogP contribution >= 0.6 is 0 Å². The number of halogens is 1. The van der Waals surface area contributed by atoms with E-state index in [2.05, 4.69) is 15.4 Å². The first-order valence-corrected chi connectivity index (χ1v) is 21.3. The number of nitrogens with two attached hydrogens (primary N) is 1. The summed E-state index contributed by atoms with van der Waals surface area (Å²) in [5.41, 5.74) is 7.55. The van der Waals surface area contributed by atoms with E-state index in [-0.39, 0.29) is 67.4 Å². The number of aromatic nitrogens is 2. The molecule has 0 spiro atoms. The SMILES string of the molecule is CC[C@@]1(O)C(=O)OCc2c1cc1n(c2=O)Cc2c-1nc1cc(F)c(C)c3c1c2[C@@H](NS(=O)(=O)CCC(=O)NCc1ccc(NC(=O)[C@@H](C)C(C(N)=O)C(C)C)cc1)CC3. The number of nitrogens with zero attached hydrogens (tertiary/aromatic N) is 2. The van der Waals surface area contributed by atoms with Crippen LogP contribution in [-0.2, 0) is 65.7 Å². The number of nitrogens with one attached hydrogen (secondary N) is 3. The highest BCUT2D eigenvalue weighted by Gasteiger charge is 2.46. The van der Waals surface area contributed by atoms with Crippen LogP contribution < -0.4 is 26.6 Å². The molecule has 0 bridgehead atoms. The predicted octanol–water partition coefficient (Wildman–Crippen LogP) is 3.47. The molecule has 0 saturated heterocycles. The van der Waals surface area contributed by atoms with E-state index in [0.29, 0.717) is 56.7 Å². The maximum Gasteiger partial charge on any atom is 0.343 e. The molecule has 6 N–H and O–H groups in total. The fourth-order valence-electron chi connectivity index (χ4n) is 8.74. The van der Waals surface area contributed by atoms with Gasteiger partial charge in [-0.1, -0.05) is 39.8 Å². The number of primary amides is 1. The average Bonchev–Trinajstić information content (AvgIpc) is 3.56. The summed E-state index contributed by atoms with van der Waals surface area (Å²) in [6, 6.07) is 8.76. The van der Waals surface area contributed by atoms with E-state index in [1.165, 1.54) is 10.6 Å². The molecule has 2 aromatic heterocycles. The Morgan fingerprint density at radius 2 is 1.81 bits per heavy atom. The van der Waals surface area contributed by atoms with Crippen LogP contribution in [0.4, 0.5) is 10.1 Å². The molecule has 15 nitrogen and oxygen atoms in total. The molecular weight excluding hydrogens is 784 g/mol. The van der Waals surface area contributed by atoms with E-state index in [1.54, 1.807) is 51.1 Å². The van der Waals surface area contributed by atoms with Crippen molar-refractivity contribution in [2.45, 2.75) is 91.6 Å². The summed E-state index contributed by atoms with van der Waals surface area (Å²) in [5, 5.41) is 17.4. The number of benzene rings is 2. The lowest BCUT2D eigenvalue weighted by molar-refractivity contribution is -0.172. The molecule has 3 amide bonds. The molecule has 0 fully saturated rings. The number of hydrogen-bond donors (Lipinski definition) is 5. The van der Waals surface area contributed by atoms with Gasteiger partial charge >= 0.3 is 5.97 Å². The van der Waals surface area contributed by atoms with E-state index < -0.39 is 68.4 Å². The van der Waals surface area contributed by atoms with Crippen molar-refractivity contribution in [2.75, 3.05) is 11.1 Å². The first-order chi connectivity index (χ1) is 27.8. The van der Waals surface area contributed by atoms with Gasteiger partial charge in [-0.05, 0) is 72.6 Å². The van der Waals surface area contributed by atoms with Gasteiger partial charge in [0.15, 0.2) is 5.60 Å². The van der Waals surface area contributed by atoms with Gasteiger partial charge in [0.1, 0.15) is 12.4 Å². The molecule has 312 valence electrons. The van der Waals surface area contributed by atoms with Crippen molar-refractivity contribution in [3.8, 4) is 11.4 Å². The van der Waals surface area contributed by atoms with E-state index in [1.807, 2.05) is 13.8 Å². The minimum Gasteiger partial charge on any atom is -0.458 e. The molecule has 1 unspecified atom stereocenters. The number of anilines is 1. The molecule has 0 saturated carbocycles. The van der Waals surface area contributed by atoms with Gasteiger partial charge in [0, 0.05) is 53.2 Å². The second kappa shape index (κ2) is 15.6. The number of aliphatic hydroxyl groups is 1. The summed E-state index contributed by atoms with van der Waals surface area (Å²) in [7, 11) is -4.08. The van der Waals surface area contributed by atoms with Gasteiger partial charge in [0.05, 0.1) is 40.7 Å². The quantitative estimate of drug-likeness (QED) is 0.109. The van der Waals surface area contributed by atoms with Crippen molar-refractivity contribution in [1.29, 1.82) is 0 Å². The van der Waals surface area contributed by atoms with E-state index >= 15 is 4.39 Å². The zero-order chi connectivity index (χ0) is 42.7. The van der Waals surface area contributed by atoms with Gasteiger partial charge in [-0.15, -0.1) is 0 Å². The van der Waals surface area contributed by atoms with Gasteiger partial charge in [-0.3, -0.25) is 19.2 Å². The number of carbonyl (C=O) groups excluding carboxylic acids is 4. The lowest BCUT2D eigenvalue weighted by Gasteiger charge is -2.31. The molecule has 7 rings (SSSR count). The molecule has 4 heterocycles. The number of amides is 3. The topological polar surface area (TPSA) is 229 Å². The smallest absolute Gasteiger partial charge is 0.343 e. The van der Waals surface area contributed by atoms with Crippen molar-refractivity contribution >= 4 is 50.3 Å². The Morgan fingerprint density at radius 3 is 2.47 bits per heavy atom. The number of sulfonamides is 1. The Bertz CT molecular complexity index is 2610. The highest BCUT2D eigenvalue weighted by Crippen LogP contribution is 2.46. The van der Waals surface area contributed by atoms with Gasteiger partial charge in [0.25, 0.3) is 5.56 Å². The Kier molecular flexibility index (Phi) is 11.0. The van der Waals surface area contributed by atoms with Crippen molar-refractivity contribution in [1.82, 2.24) is 19.6 Å². The Balaban J connectivity index is 1.07. The zero-order valence-electron chi connectivity index (χ0n) is 33.4. The zero-order valence-corrected chi connectivity index (χ0v) is 34.2. The van der Waals surface area contributed by atoms with E-state index in [0.717, 1.165) is 0 Å². The molecule has 17 heteroatoms. The van der Waals surface area contributed by atoms with E-state index in [9.17, 15) is 37.5 Å². The Hall–Kier alpha value is -5.52. The van der Waals surface area contributed by atoms with Crippen LogP contribution in [0.5, 0.6) is 0 Å². The maximum atomic E-state index is 15.3. The molecule has 59 heavy (non-hydrogen) atoms. The molecular formula is C42H47FN6O9S. The summed E-state index contributed by atoms with van der Waals surface area (Å²) in [4.78, 5) is 68.9. The highest BCUT2D eigenvalue weighted by molar-refractivity contribution is 7.89. The minimum atomic E-state index is -4.08. The molecule has 4 atom stereocenters. The predicted molar refractivity (Wildman–Crippen MR) is 215 cm³/mol. The summed E-state index contributed by atoms with van der Waals surface area (Å²) >= 11 is 0. The number of aryl methyl sites for hydroxylation is 1. The Labute approximate surface area is 340 Å². The standard InChI is InChI=1S/C42H47FN6O9S/c1-6-42(55)28-15-32-37-26(18-49(32)40(53)27(28)19-58-41(42)54)36-30(12-11-25-21(4)29(43)16-31(47-37)35(25)36)48-59(56,57)14-13-33(50)45-17-23-7-9-24(10-8-23)46-39(52)22(5)34(20(2)3)38(44)51/h7-10,15-16,20,22,30,34,48,55H,6,11-14,17-19H2,1-5H3,(H2,44,51)(H,45,50)(H,46,52)/t22-,30-,34?,42-/m0/s1.